The Kier molecular flexibility index (Phi) is 5.43. The van der Waals surface area contributed by atoms with E-state index in [-0.39, 0.29) is 29.0 Å². The number of carbonyl (C=O) groups is 2. The molecule has 2 amide bonds. The number of rotatable bonds is 4. The van der Waals surface area contributed by atoms with Crippen LogP contribution in [0.4, 0.5) is 18.9 Å². The summed E-state index contributed by atoms with van der Waals surface area (Å²) in [6.07, 6.45) is -0.532. The van der Waals surface area contributed by atoms with Gasteiger partial charge in [-0.15, -0.1) is 0 Å². The van der Waals surface area contributed by atoms with Crippen LogP contribution in [0.2, 0.25) is 0 Å². The average molecular weight is 377 g/mol. The highest BCUT2D eigenvalue weighted by Gasteiger charge is 2.30. The van der Waals surface area contributed by atoms with Crippen molar-refractivity contribution in [1.29, 1.82) is 0 Å². The molecule has 1 aliphatic carbocycles. The number of halogens is 3. The van der Waals surface area contributed by atoms with E-state index in [9.17, 15) is 22.8 Å². The second-order valence-corrected chi connectivity index (χ2v) is 6.40. The molecule has 0 radical (unpaired) electrons. The number of amides is 2. The molecule has 0 atom stereocenters. The highest BCUT2D eigenvalue weighted by Crippen LogP contribution is 2.30. The molecule has 8 heteroatoms. The van der Waals surface area contributed by atoms with E-state index >= 15 is 0 Å². The zero-order valence-electron chi connectivity index (χ0n) is 14.3. The summed E-state index contributed by atoms with van der Waals surface area (Å²) >= 11 is 0. The van der Waals surface area contributed by atoms with Gasteiger partial charge in [0.2, 0.25) is 0 Å². The Hall–Kier alpha value is -2.90. The number of pyridine rings is 1. The maximum atomic E-state index is 12.8. The van der Waals surface area contributed by atoms with Gasteiger partial charge in [0, 0.05) is 11.7 Å². The number of hydrogen-bond donors (Lipinski definition) is 2. The summed E-state index contributed by atoms with van der Waals surface area (Å²) in [7, 11) is 0. The molecule has 3 rings (SSSR count). The summed E-state index contributed by atoms with van der Waals surface area (Å²) in [6, 6.07) is 8.83. The first-order chi connectivity index (χ1) is 12.8. The van der Waals surface area contributed by atoms with E-state index < -0.39 is 17.6 Å². The quantitative estimate of drug-likeness (QED) is 0.845. The van der Waals surface area contributed by atoms with Gasteiger partial charge in [0.1, 0.15) is 11.4 Å². The third-order valence-electron chi connectivity index (χ3n) is 4.35. The molecule has 1 heterocycles. The van der Waals surface area contributed by atoms with Gasteiger partial charge in [0.15, 0.2) is 0 Å². The fraction of sp³-hybridized carbons (Fsp3) is 0.316. The van der Waals surface area contributed by atoms with Crippen LogP contribution in [0.3, 0.4) is 0 Å². The first kappa shape index (κ1) is 18.9. The molecule has 5 nitrogen and oxygen atoms in total. The second kappa shape index (κ2) is 7.77. The zero-order chi connectivity index (χ0) is 19.4. The third-order valence-corrected chi connectivity index (χ3v) is 4.35. The summed E-state index contributed by atoms with van der Waals surface area (Å²) < 4.78 is 38.3. The van der Waals surface area contributed by atoms with E-state index in [1.165, 1.54) is 30.3 Å². The summed E-state index contributed by atoms with van der Waals surface area (Å²) in [5, 5.41) is 5.25. The van der Waals surface area contributed by atoms with Crippen molar-refractivity contribution < 1.29 is 22.8 Å². The first-order valence-corrected chi connectivity index (χ1v) is 8.59. The molecule has 0 aliphatic heterocycles. The van der Waals surface area contributed by atoms with Crippen molar-refractivity contribution in [2.45, 2.75) is 37.9 Å². The van der Waals surface area contributed by atoms with Crippen LogP contribution in [-0.2, 0) is 6.18 Å². The van der Waals surface area contributed by atoms with Crippen LogP contribution in [0, 0.1) is 0 Å². The van der Waals surface area contributed by atoms with Gasteiger partial charge in [-0.1, -0.05) is 25.0 Å². The van der Waals surface area contributed by atoms with Crippen molar-refractivity contribution in [2.24, 2.45) is 0 Å². The van der Waals surface area contributed by atoms with E-state index in [2.05, 4.69) is 15.6 Å². The van der Waals surface area contributed by atoms with Crippen LogP contribution in [0.5, 0.6) is 0 Å². The fourth-order valence-corrected chi connectivity index (χ4v) is 2.99. The van der Waals surface area contributed by atoms with E-state index in [0.29, 0.717) is 0 Å². The van der Waals surface area contributed by atoms with Gasteiger partial charge >= 0.3 is 6.18 Å². The Morgan fingerprint density at radius 2 is 1.59 bits per heavy atom. The molecule has 1 aromatic carbocycles. The lowest BCUT2D eigenvalue weighted by atomic mass is 10.2. The largest absolute Gasteiger partial charge is 0.416 e. The van der Waals surface area contributed by atoms with Gasteiger partial charge < -0.3 is 10.6 Å². The summed E-state index contributed by atoms with van der Waals surface area (Å²) in [5.41, 5.74) is -0.819. The van der Waals surface area contributed by atoms with Gasteiger partial charge in [-0.3, -0.25) is 9.59 Å². The van der Waals surface area contributed by atoms with Crippen molar-refractivity contribution in [3.63, 3.8) is 0 Å². The van der Waals surface area contributed by atoms with Crippen LogP contribution in [-0.4, -0.2) is 22.8 Å². The average Bonchev–Trinajstić information content (AvgIpc) is 3.14. The molecule has 2 N–H and O–H groups in total. The molecule has 0 spiro atoms. The lowest BCUT2D eigenvalue weighted by Crippen LogP contribution is -2.33. The Labute approximate surface area is 154 Å². The molecule has 142 valence electrons. The minimum atomic E-state index is -4.50. The van der Waals surface area contributed by atoms with E-state index in [1.54, 1.807) is 0 Å². The second-order valence-electron chi connectivity index (χ2n) is 6.40. The minimum absolute atomic E-state index is 0.00237. The molecule has 1 aromatic heterocycles. The van der Waals surface area contributed by atoms with Crippen LogP contribution < -0.4 is 10.6 Å². The van der Waals surface area contributed by atoms with Crippen molar-refractivity contribution >= 4 is 17.5 Å². The number of benzene rings is 1. The maximum Gasteiger partial charge on any atom is 0.416 e. The molecule has 27 heavy (non-hydrogen) atoms. The van der Waals surface area contributed by atoms with E-state index in [1.807, 2.05) is 0 Å². The first-order valence-electron chi connectivity index (χ1n) is 8.59. The van der Waals surface area contributed by atoms with Crippen molar-refractivity contribution in [3.05, 3.63) is 59.4 Å². The van der Waals surface area contributed by atoms with Crippen LogP contribution in [0.1, 0.15) is 52.2 Å². The van der Waals surface area contributed by atoms with Gasteiger partial charge in [0.05, 0.1) is 5.56 Å². The predicted molar refractivity (Wildman–Crippen MR) is 93.4 cm³/mol. The lowest BCUT2D eigenvalue weighted by Gasteiger charge is -2.12. The minimum Gasteiger partial charge on any atom is -0.348 e. The highest BCUT2D eigenvalue weighted by molar-refractivity contribution is 6.03. The lowest BCUT2D eigenvalue weighted by molar-refractivity contribution is -0.137. The molecule has 0 unspecified atom stereocenters. The summed E-state index contributed by atoms with van der Waals surface area (Å²) in [5.74, 6) is -1.06. The number of carbonyl (C=O) groups excluding carboxylic acids is 2. The van der Waals surface area contributed by atoms with Crippen LogP contribution in [0.15, 0.2) is 42.5 Å². The van der Waals surface area contributed by atoms with Gasteiger partial charge in [-0.25, -0.2) is 4.98 Å². The van der Waals surface area contributed by atoms with Gasteiger partial charge in [0.25, 0.3) is 11.8 Å². The van der Waals surface area contributed by atoms with Crippen LogP contribution in [0.25, 0.3) is 0 Å². The predicted octanol–water partition coefficient (Wildman–Crippen LogP) is 4.03. The van der Waals surface area contributed by atoms with Crippen molar-refractivity contribution in [2.75, 3.05) is 5.32 Å². The Bertz CT molecular complexity index is 846. The van der Waals surface area contributed by atoms with Gasteiger partial charge in [-0.2, -0.15) is 13.2 Å². The number of anilines is 1. The van der Waals surface area contributed by atoms with Crippen LogP contribution >= 0.6 is 0 Å². The molecule has 1 fully saturated rings. The van der Waals surface area contributed by atoms with Gasteiger partial charge in [-0.05, 0) is 43.2 Å². The third kappa shape index (κ3) is 4.84. The Balaban J connectivity index is 1.71. The molecule has 0 saturated heterocycles. The topological polar surface area (TPSA) is 71.1 Å². The normalized spacial score (nSPS) is 14.8. The number of nitrogens with zero attached hydrogens (tertiary/aromatic N) is 1. The molecule has 1 saturated carbocycles. The monoisotopic (exact) mass is 377 g/mol. The Morgan fingerprint density at radius 3 is 2.26 bits per heavy atom. The van der Waals surface area contributed by atoms with E-state index in [0.717, 1.165) is 37.8 Å². The maximum absolute atomic E-state index is 12.8. The zero-order valence-corrected chi connectivity index (χ0v) is 14.3. The van der Waals surface area contributed by atoms with Crippen molar-refractivity contribution in [1.82, 2.24) is 10.3 Å². The van der Waals surface area contributed by atoms with E-state index in [4.69, 9.17) is 0 Å². The Morgan fingerprint density at radius 1 is 0.963 bits per heavy atom. The highest BCUT2D eigenvalue weighted by atomic mass is 19.4. The number of alkyl halides is 3. The standard InChI is InChI=1S/C19H18F3N3O2/c20-19(21,22)12-5-3-8-14(11-12)24-18(27)16-10-4-9-15(25-16)17(26)23-13-6-1-2-7-13/h3-5,8-11,13H,1-2,6-7H2,(H,23,26)(H,24,27). The summed E-state index contributed by atoms with van der Waals surface area (Å²) in [6.45, 7) is 0. The number of nitrogens with one attached hydrogen (secondary N) is 2. The number of aromatic nitrogens is 1. The van der Waals surface area contributed by atoms with Crippen molar-refractivity contribution in [3.8, 4) is 0 Å². The molecular formula is C19H18F3N3O2. The smallest absolute Gasteiger partial charge is 0.348 e. The SMILES string of the molecule is O=C(Nc1cccc(C(F)(F)F)c1)c1cccc(C(=O)NC2CCCC2)n1. The fourth-order valence-electron chi connectivity index (χ4n) is 2.99. The molecule has 1 aliphatic rings. The molecule has 0 bridgehead atoms. The summed E-state index contributed by atoms with van der Waals surface area (Å²) in [4.78, 5) is 28.6. The molecule has 2 aromatic rings. The number of hydrogen-bond acceptors (Lipinski definition) is 3. The molecular weight excluding hydrogens is 359 g/mol.